The smallest absolute Gasteiger partial charge is 0.422 e. The van der Waals surface area contributed by atoms with Gasteiger partial charge in [-0.3, -0.25) is 4.79 Å². The van der Waals surface area contributed by atoms with Gasteiger partial charge in [-0.1, -0.05) is 6.92 Å². The Labute approximate surface area is 240 Å². The summed E-state index contributed by atoms with van der Waals surface area (Å²) >= 11 is 0. The summed E-state index contributed by atoms with van der Waals surface area (Å²) in [5, 5.41) is 14.7. The molecular weight excluding hydrogens is 556 g/mol. The summed E-state index contributed by atoms with van der Waals surface area (Å²) < 4.78 is 74.6. The minimum atomic E-state index is -5.17. The van der Waals surface area contributed by atoms with Crippen molar-refractivity contribution in [2.75, 3.05) is 26.9 Å². The van der Waals surface area contributed by atoms with Crippen LogP contribution in [0.5, 0.6) is 17.2 Å². The number of benzene rings is 2. The lowest BCUT2D eigenvalue weighted by atomic mass is 9.84. The zero-order chi connectivity index (χ0) is 30.1. The number of halogens is 4. The van der Waals surface area contributed by atoms with Crippen LogP contribution in [-0.2, 0) is 11.1 Å². The predicted molar refractivity (Wildman–Crippen MR) is 146 cm³/mol. The molecule has 7 nitrogen and oxygen atoms in total. The van der Waals surface area contributed by atoms with Gasteiger partial charge in [-0.25, -0.2) is 9.37 Å². The van der Waals surface area contributed by atoms with E-state index in [-0.39, 0.29) is 29.4 Å². The van der Waals surface area contributed by atoms with E-state index >= 15 is 0 Å². The first-order chi connectivity index (χ1) is 20.0. The average Bonchev–Trinajstić information content (AvgIpc) is 3.61. The van der Waals surface area contributed by atoms with Gasteiger partial charge in [-0.15, -0.1) is 0 Å². The second kappa shape index (κ2) is 11.5. The summed E-state index contributed by atoms with van der Waals surface area (Å²) in [6.07, 6.45) is -4.60. The molecule has 0 aliphatic carbocycles. The van der Waals surface area contributed by atoms with Crippen molar-refractivity contribution >= 4 is 5.78 Å². The van der Waals surface area contributed by atoms with Gasteiger partial charge in [0, 0.05) is 23.1 Å². The van der Waals surface area contributed by atoms with Crippen LogP contribution >= 0.6 is 0 Å². The van der Waals surface area contributed by atoms with Crippen LogP contribution in [0.4, 0.5) is 17.6 Å². The van der Waals surface area contributed by atoms with Crippen LogP contribution in [0, 0.1) is 5.82 Å². The molecule has 5 rings (SSSR count). The third-order valence-corrected chi connectivity index (χ3v) is 7.87. The number of aliphatic hydroxyl groups is 1. The van der Waals surface area contributed by atoms with Crippen LogP contribution < -0.4 is 19.5 Å². The highest BCUT2D eigenvalue weighted by Crippen LogP contribution is 2.50. The van der Waals surface area contributed by atoms with Crippen molar-refractivity contribution in [3.63, 3.8) is 0 Å². The quantitative estimate of drug-likeness (QED) is 0.220. The van der Waals surface area contributed by atoms with E-state index in [1.807, 2.05) is 6.92 Å². The van der Waals surface area contributed by atoms with Gasteiger partial charge >= 0.3 is 6.18 Å². The van der Waals surface area contributed by atoms with Crippen molar-refractivity contribution in [3.8, 4) is 28.5 Å². The molecule has 2 aromatic carbocycles. The Balaban J connectivity index is 1.52. The fraction of sp³-hybridized carbons (Fsp3) is 0.419. The molecule has 11 heteroatoms. The molecule has 1 aromatic heterocycles. The van der Waals surface area contributed by atoms with Crippen LogP contribution in [0.2, 0.25) is 0 Å². The van der Waals surface area contributed by atoms with Crippen LogP contribution in [0.25, 0.3) is 11.3 Å². The van der Waals surface area contributed by atoms with Gasteiger partial charge in [0.25, 0.3) is 0 Å². The summed E-state index contributed by atoms with van der Waals surface area (Å²) in [6.45, 7) is 3.19. The largest absolute Gasteiger partial charge is 0.493 e. The molecule has 1 spiro atoms. The van der Waals surface area contributed by atoms with E-state index in [1.165, 1.54) is 55.6 Å². The lowest BCUT2D eigenvalue weighted by molar-refractivity contribution is -0.270. The molecule has 42 heavy (non-hydrogen) atoms. The molecule has 3 aromatic rings. The summed E-state index contributed by atoms with van der Waals surface area (Å²) in [6, 6.07) is 10.8. The van der Waals surface area contributed by atoms with E-state index < -0.39 is 47.5 Å². The van der Waals surface area contributed by atoms with Crippen molar-refractivity contribution in [2.24, 2.45) is 0 Å². The second-order valence-corrected chi connectivity index (χ2v) is 10.6. The molecule has 0 bridgehead atoms. The van der Waals surface area contributed by atoms with Crippen molar-refractivity contribution in [1.29, 1.82) is 0 Å². The van der Waals surface area contributed by atoms with Gasteiger partial charge in [-0.05, 0) is 80.8 Å². The first-order valence-electron chi connectivity index (χ1n) is 13.8. The summed E-state index contributed by atoms with van der Waals surface area (Å²) in [5.41, 5.74) is -3.87. The van der Waals surface area contributed by atoms with E-state index in [1.54, 1.807) is 0 Å². The highest BCUT2D eigenvalue weighted by atomic mass is 19.4. The van der Waals surface area contributed by atoms with Crippen molar-refractivity contribution in [2.45, 2.75) is 56.3 Å². The molecule has 2 aliphatic heterocycles. The lowest BCUT2D eigenvalue weighted by Gasteiger charge is -2.31. The van der Waals surface area contributed by atoms with Gasteiger partial charge in [0.1, 0.15) is 18.1 Å². The number of hydrogen-bond donors (Lipinski definition) is 2. The molecule has 3 heterocycles. The maximum atomic E-state index is 14.7. The molecule has 2 N–H and O–H groups in total. The summed E-state index contributed by atoms with van der Waals surface area (Å²) in [5.74, 6) is -0.157. The van der Waals surface area contributed by atoms with Gasteiger partial charge in [-0.2, -0.15) is 13.2 Å². The molecule has 1 saturated heterocycles. The Hall–Kier alpha value is -3.70. The van der Waals surface area contributed by atoms with Gasteiger partial charge in [0.2, 0.25) is 5.60 Å². The first-order valence-corrected chi connectivity index (χ1v) is 13.8. The highest BCUT2D eigenvalue weighted by Gasteiger charge is 2.57. The SMILES string of the molecule is CCCOc1ccc(C(=O)CCC(O)(c2cc3c(c(-c4ccc(F)cc4)n2)OCC32CCCN2)C(F)(F)F)cc1OC. The highest BCUT2D eigenvalue weighted by molar-refractivity contribution is 5.96. The zero-order valence-corrected chi connectivity index (χ0v) is 23.3. The predicted octanol–water partition coefficient (Wildman–Crippen LogP) is 6.07. The standard InChI is InChI=1S/C31H32F4N2O5/c1-3-15-41-24-10-7-20(16-25(24)40-2)23(38)11-13-30(39,31(33,34)35)26-17-22-28(42-18-29(22)12-4-14-36-29)27(37-26)19-5-8-21(32)9-6-19/h5-10,16-17,36,39H,3-4,11-15,18H2,1-2H3. The lowest BCUT2D eigenvalue weighted by Crippen LogP contribution is -2.44. The maximum absolute atomic E-state index is 14.7. The molecule has 2 atom stereocenters. The third kappa shape index (κ3) is 5.43. The number of carbonyl (C=O) groups excluding carboxylic acids is 1. The molecule has 2 aliphatic rings. The zero-order valence-electron chi connectivity index (χ0n) is 23.3. The molecular formula is C31H32F4N2O5. The van der Waals surface area contributed by atoms with Crippen LogP contribution in [0.15, 0.2) is 48.5 Å². The number of nitrogens with zero attached hydrogens (tertiary/aromatic N) is 1. The first kappa shape index (κ1) is 29.8. The van der Waals surface area contributed by atoms with Gasteiger partial charge in [0.05, 0.1) is 24.9 Å². The number of hydrogen-bond acceptors (Lipinski definition) is 7. The number of carbonyl (C=O) groups is 1. The third-order valence-electron chi connectivity index (χ3n) is 7.87. The Morgan fingerprint density at radius 3 is 2.55 bits per heavy atom. The molecule has 0 amide bonds. The molecule has 0 saturated carbocycles. The number of pyridine rings is 1. The van der Waals surface area contributed by atoms with E-state index in [0.29, 0.717) is 36.4 Å². The van der Waals surface area contributed by atoms with Gasteiger partial charge in [0.15, 0.2) is 23.0 Å². The summed E-state index contributed by atoms with van der Waals surface area (Å²) in [7, 11) is 1.40. The monoisotopic (exact) mass is 588 g/mol. The number of ether oxygens (including phenoxy) is 3. The number of ketones is 1. The molecule has 2 unspecified atom stereocenters. The maximum Gasteiger partial charge on any atom is 0.422 e. The number of methoxy groups -OCH3 is 1. The molecule has 224 valence electrons. The van der Waals surface area contributed by atoms with Gasteiger partial charge < -0.3 is 24.6 Å². The van der Waals surface area contributed by atoms with Crippen molar-refractivity contribution in [3.05, 3.63) is 71.2 Å². The fourth-order valence-corrected chi connectivity index (χ4v) is 5.51. The molecule has 0 radical (unpaired) electrons. The Morgan fingerprint density at radius 2 is 1.90 bits per heavy atom. The summed E-state index contributed by atoms with van der Waals surface area (Å²) in [4.78, 5) is 17.4. The normalized spacial score (nSPS) is 19.3. The fourth-order valence-electron chi connectivity index (χ4n) is 5.51. The number of nitrogens with one attached hydrogen (secondary N) is 1. The number of fused-ring (bicyclic) bond motifs is 2. The minimum Gasteiger partial charge on any atom is -0.493 e. The van der Waals surface area contributed by atoms with Crippen molar-refractivity contribution in [1.82, 2.24) is 10.3 Å². The molecule has 1 fully saturated rings. The van der Waals surface area contributed by atoms with Crippen LogP contribution in [0.1, 0.15) is 60.6 Å². The number of aromatic nitrogens is 1. The van der Waals surface area contributed by atoms with Crippen molar-refractivity contribution < 1.29 is 41.7 Å². The Kier molecular flexibility index (Phi) is 8.17. The van der Waals surface area contributed by atoms with Crippen LogP contribution in [-0.4, -0.2) is 48.9 Å². The van der Waals surface area contributed by atoms with Crippen LogP contribution in [0.3, 0.4) is 0 Å². The average molecular weight is 589 g/mol. The Morgan fingerprint density at radius 1 is 1.14 bits per heavy atom. The minimum absolute atomic E-state index is 0.0643. The topological polar surface area (TPSA) is 89.9 Å². The van der Waals surface area contributed by atoms with E-state index in [4.69, 9.17) is 14.2 Å². The second-order valence-electron chi connectivity index (χ2n) is 10.6. The van der Waals surface area contributed by atoms with E-state index in [9.17, 15) is 27.5 Å². The van der Waals surface area contributed by atoms with E-state index in [0.717, 1.165) is 12.8 Å². The number of alkyl halides is 3. The number of Topliss-reactive ketones (excluding diaryl/α,β-unsaturated/α-hetero) is 1. The number of rotatable bonds is 10. The van der Waals surface area contributed by atoms with E-state index in [2.05, 4.69) is 10.3 Å². The Bertz CT molecular complexity index is 1450.